The van der Waals surface area contributed by atoms with E-state index >= 15 is 0 Å². The van der Waals surface area contributed by atoms with Crippen molar-refractivity contribution >= 4 is 0 Å². The van der Waals surface area contributed by atoms with Crippen LogP contribution in [0.3, 0.4) is 0 Å². The van der Waals surface area contributed by atoms with Crippen molar-refractivity contribution in [1.82, 2.24) is 9.13 Å². The molecule has 1 aromatic rings. The van der Waals surface area contributed by atoms with Crippen molar-refractivity contribution in [3.8, 4) is 0 Å². The average molecular weight is 241 g/mol. The maximum absolute atomic E-state index is 11.9. The molecule has 0 saturated carbocycles. The van der Waals surface area contributed by atoms with E-state index in [-0.39, 0.29) is 24.2 Å². The van der Waals surface area contributed by atoms with Gasteiger partial charge in [0, 0.05) is 19.7 Å². The molecule has 7 nitrogen and oxygen atoms in total. The van der Waals surface area contributed by atoms with E-state index in [2.05, 4.69) is 0 Å². The first-order valence-electron chi connectivity index (χ1n) is 5.31. The number of nitrogens with zero attached hydrogens (tertiary/aromatic N) is 2. The molecule has 3 atom stereocenters. The lowest BCUT2D eigenvalue weighted by Crippen LogP contribution is -2.38. The third-order valence-corrected chi connectivity index (χ3v) is 2.96. The van der Waals surface area contributed by atoms with Gasteiger partial charge in [0.2, 0.25) is 0 Å². The second-order valence-electron chi connectivity index (χ2n) is 4.06. The molecule has 0 spiro atoms. The summed E-state index contributed by atoms with van der Waals surface area (Å²) in [7, 11) is 1.50. The van der Waals surface area contributed by atoms with E-state index in [1.54, 1.807) is 0 Å². The minimum absolute atomic E-state index is 0.100. The molecule has 3 N–H and O–H groups in total. The molecule has 1 aliphatic heterocycles. The number of hydrogen-bond acceptors (Lipinski definition) is 5. The molecule has 94 valence electrons. The van der Waals surface area contributed by atoms with Crippen molar-refractivity contribution in [3.63, 3.8) is 0 Å². The molecule has 1 aliphatic rings. The molecule has 0 aliphatic carbocycles. The highest BCUT2D eigenvalue weighted by atomic mass is 16.5. The molecule has 0 amide bonds. The SMILES string of the molecule is Cn1c(=N)ccn([C@H]2C[C@H](O)[C@@H](CO)O2)c1=O. The van der Waals surface area contributed by atoms with Crippen LogP contribution in [0.15, 0.2) is 17.1 Å². The third-order valence-electron chi connectivity index (χ3n) is 2.96. The van der Waals surface area contributed by atoms with Crippen molar-refractivity contribution < 1.29 is 14.9 Å². The molecule has 1 aromatic heterocycles. The first kappa shape index (κ1) is 12.0. The van der Waals surface area contributed by atoms with Crippen LogP contribution in [0, 0.1) is 5.41 Å². The number of hydrogen-bond donors (Lipinski definition) is 3. The van der Waals surface area contributed by atoms with Gasteiger partial charge < -0.3 is 14.9 Å². The summed E-state index contributed by atoms with van der Waals surface area (Å²) in [6.07, 6.45) is -0.322. The van der Waals surface area contributed by atoms with Crippen LogP contribution in [0.5, 0.6) is 0 Å². The Balaban J connectivity index is 2.34. The van der Waals surface area contributed by atoms with E-state index in [4.69, 9.17) is 15.3 Å². The molecule has 2 rings (SSSR count). The van der Waals surface area contributed by atoms with Gasteiger partial charge in [0.05, 0.1) is 12.7 Å². The Morgan fingerprint density at radius 1 is 1.65 bits per heavy atom. The van der Waals surface area contributed by atoms with Gasteiger partial charge in [-0.3, -0.25) is 14.5 Å². The van der Waals surface area contributed by atoms with Crippen molar-refractivity contribution in [2.45, 2.75) is 24.9 Å². The van der Waals surface area contributed by atoms with Gasteiger partial charge in [-0.1, -0.05) is 0 Å². The summed E-state index contributed by atoms with van der Waals surface area (Å²) < 4.78 is 7.87. The summed E-state index contributed by atoms with van der Waals surface area (Å²) in [5.41, 5.74) is -0.281. The molecule has 0 bridgehead atoms. The standard InChI is InChI=1S/C10H15N3O4/c1-12-8(11)2-3-13(10(12)16)9-4-6(15)7(5-14)17-9/h2-3,6-7,9,11,14-15H,4-5H2,1H3/t6-,7+,9+/m0/s1. The van der Waals surface area contributed by atoms with Crippen LogP contribution >= 0.6 is 0 Å². The first-order chi connectivity index (χ1) is 8.04. The number of aliphatic hydroxyl groups is 2. The average Bonchev–Trinajstić information content (AvgIpc) is 2.67. The Labute approximate surface area is 97.0 Å². The summed E-state index contributed by atoms with van der Waals surface area (Å²) >= 11 is 0. The van der Waals surface area contributed by atoms with Gasteiger partial charge in [0.15, 0.2) is 0 Å². The Bertz CT molecular complexity index is 521. The second-order valence-corrected chi connectivity index (χ2v) is 4.06. The van der Waals surface area contributed by atoms with Gasteiger partial charge >= 0.3 is 5.69 Å². The van der Waals surface area contributed by atoms with Crippen LogP contribution in [-0.4, -0.2) is 38.2 Å². The predicted molar refractivity (Wildman–Crippen MR) is 57.1 cm³/mol. The lowest BCUT2D eigenvalue weighted by atomic mass is 10.2. The van der Waals surface area contributed by atoms with E-state index in [1.807, 2.05) is 0 Å². The molecule has 0 radical (unpaired) electrons. The maximum atomic E-state index is 11.9. The monoisotopic (exact) mass is 241 g/mol. The van der Waals surface area contributed by atoms with E-state index in [0.29, 0.717) is 0 Å². The summed E-state index contributed by atoms with van der Waals surface area (Å²) in [6, 6.07) is 1.48. The summed E-state index contributed by atoms with van der Waals surface area (Å²) in [5, 5.41) is 26.0. The van der Waals surface area contributed by atoms with Crippen molar-refractivity contribution in [2.24, 2.45) is 7.05 Å². The minimum atomic E-state index is -0.780. The van der Waals surface area contributed by atoms with Gasteiger partial charge in [-0.2, -0.15) is 0 Å². The minimum Gasteiger partial charge on any atom is -0.394 e. The number of ether oxygens (including phenoxy) is 1. The van der Waals surface area contributed by atoms with Crippen LogP contribution in [0.25, 0.3) is 0 Å². The molecule has 0 unspecified atom stereocenters. The number of rotatable bonds is 2. The largest absolute Gasteiger partial charge is 0.394 e. The fraction of sp³-hybridized carbons (Fsp3) is 0.600. The fourth-order valence-electron chi connectivity index (χ4n) is 1.87. The molecular weight excluding hydrogens is 226 g/mol. The first-order valence-corrected chi connectivity index (χ1v) is 5.31. The maximum Gasteiger partial charge on any atom is 0.331 e. The second kappa shape index (κ2) is 4.44. The Kier molecular flexibility index (Phi) is 3.14. The van der Waals surface area contributed by atoms with E-state index in [0.717, 1.165) is 0 Å². The van der Waals surface area contributed by atoms with E-state index in [9.17, 15) is 9.90 Å². The Morgan fingerprint density at radius 2 is 2.35 bits per heavy atom. The Morgan fingerprint density at radius 3 is 2.94 bits per heavy atom. The van der Waals surface area contributed by atoms with Crippen molar-refractivity contribution in [2.75, 3.05) is 6.61 Å². The number of aromatic nitrogens is 2. The van der Waals surface area contributed by atoms with Crippen LogP contribution in [-0.2, 0) is 11.8 Å². The van der Waals surface area contributed by atoms with Gasteiger partial charge in [-0.15, -0.1) is 0 Å². The zero-order valence-corrected chi connectivity index (χ0v) is 9.41. The predicted octanol–water partition coefficient (Wildman–Crippen LogP) is -1.69. The van der Waals surface area contributed by atoms with Crippen LogP contribution in [0.4, 0.5) is 0 Å². The molecule has 7 heteroatoms. The topological polar surface area (TPSA) is 100 Å². The number of nitrogens with one attached hydrogen (secondary N) is 1. The van der Waals surface area contributed by atoms with E-state index < -0.39 is 18.4 Å². The normalized spacial score (nSPS) is 28.5. The smallest absolute Gasteiger partial charge is 0.331 e. The quantitative estimate of drug-likeness (QED) is 0.575. The Hall–Kier alpha value is -1.44. The number of aliphatic hydroxyl groups excluding tert-OH is 2. The zero-order valence-electron chi connectivity index (χ0n) is 9.41. The molecule has 2 heterocycles. The lowest BCUT2D eigenvalue weighted by molar-refractivity contribution is -0.0462. The molecular formula is C10H15N3O4. The summed E-state index contributed by atoms with van der Waals surface area (Å²) in [4.78, 5) is 11.9. The zero-order chi connectivity index (χ0) is 12.6. The lowest BCUT2D eigenvalue weighted by Gasteiger charge is -2.15. The molecule has 0 aromatic carbocycles. The molecule has 17 heavy (non-hydrogen) atoms. The van der Waals surface area contributed by atoms with E-state index in [1.165, 1.54) is 28.4 Å². The highest BCUT2D eigenvalue weighted by Crippen LogP contribution is 2.26. The highest BCUT2D eigenvalue weighted by Gasteiger charge is 2.34. The summed E-state index contributed by atoms with van der Waals surface area (Å²) in [6.45, 7) is -0.283. The highest BCUT2D eigenvalue weighted by molar-refractivity contribution is 4.88. The van der Waals surface area contributed by atoms with Crippen molar-refractivity contribution in [3.05, 3.63) is 28.2 Å². The van der Waals surface area contributed by atoms with Gasteiger partial charge in [0.25, 0.3) is 0 Å². The third kappa shape index (κ3) is 2.04. The van der Waals surface area contributed by atoms with Crippen LogP contribution in [0.2, 0.25) is 0 Å². The van der Waals surface area contributed by atoms with Crippen LogP contribution < -0.4 is 11.2 Å². The fourth-order valence-corrected chi connectivity index (χ4v) is 1.87. The van der Waals surface area contributed by atoms with Gasteiger partial charge in [0.1, 0.15) is 17.8 Å². The summed E-state index contributed by atoms with van der Waals surface area (Å²) in [5.74, 6) is 0. The molecule has 1 fully saturated rings. The molecule has 1 saturated heterocycles. The van der Waals surface area contributed by atoms with Gasteiger partial charge in [-0.05, 0) is 6.07 Å². The van der Waals surface area contributed by atoms with Crippen LogP contribution in [0.1, 0.15) is 12.6 Å². The van der Waals surface area contributed by atoms with Gasteiger partial charge in [-0.25, -0.2) is 4.79 Å². The van der Waals surface area contributed by atoms with Crippen molar-refractivity contribution in [1.29, 1.82) is 5.41 Å².